The molecule has 0 saturated carbocycles. The second kappa shape index (κ2) is 4.00. The van der Waals surface area contributed by atoms with Crippen molar-refractivity contribution in [2.75, 3.05) is 7.05 Å². The SMILES string of the molecule is CC(N)CC(=O)N(C)C=O. The van der Waals surface area contributed by atoms with E-state index in [4.69, 9.17) is 5.73 Å². The molecule has 2 amide bonds. The van der Waals surface area contributed by atoms with Gasteiger partial charge >= 0.3 is 0 Å². The molecule has 0 aromatic carbocycles. The first-order valence-corrected chi connectivity index (χ1v) is 3.04. The number of nitrogens with two attached hydrogens (primary N) is 1. The lowest BCUT2D eigenvalue weighted by Crippen LogP contribution is -2.30. The number of imide groups is 1. The Balaban J connectivity index is 3.73. The van der Waals surface area contributed by atoms with Gasteiger partial charge in [-0.25, -0.2) is 0 Å². The van der Waals surface area contributed by atoms with E-state index in [1.165, 1.54) is 7.05 Å². The first-order valence-electron chi connectivity index (χ1n) is 3.04. The van der Waals surface area contributed by atoms with Gasteiger partial charge in [0.15, 0.2) is 0 Å². The predicted molar refractivity (Wildman–Crippen MR) is 37.1 cm³/mol. The number of nitrogens with zero attached hydrogens (tertiary/aromatic N) is 1. The molecule has 0 rings (SSSR count). The molecule has 10 heavy (non-hydrogen) atoms. The van der Waals surface area contributed by atoms with E-state index in [2.05, 4.69) is 0 Å². The van der Waals surface area contributed by atoms with Crippen LogP contribution in [0.5, 0.6) is 0 Å². The van der Waals surface area contributed by atoms with Gasteiger partial charge in [0.2, 0.25) is 12.3 Å². The molecule has 0 radical (unpaired) electrons. The standard InChI is InChI=1S/C6H12N2O2/c1-5(7)3-6(10)8(2)4-9/h4-5H,3,7H2,1-2H3. The number of rotatable bonds is 3. The third-order valence-corrected chi connectivity index (χ3v) is 1.05. The number of hydrogen-bond donors (Lipinski definition) is 1. The highest BCUT2D eigenvalue weighted by molar-refractivity contribution is 5.85. The van der Waals surface area contributed by atoms with Crippen LogP contribution in [-0.2, 0) is 9.59 Å². The molecule has 0 aliphatic carbocycles. The fraction of sp³-hybridized carbons (Fsp3) is 0.667. The Morgan fingerprint density at radius 2 is 2.30 bits per heavy atom. The smallest absolute Gasteiger partial charge is 0.230 e. The molecule has 0 bridgehead atoms. The summed E-state index contributed by atoms with van der Waals surface area (Å²) < 4.78 is 0. The molecular weight excluding hydrogens is 132 g/mol. The molecule has 0 heterocycles. The van der Waals surface area contributed by atoms with Crippen LogP contribution in [0, 0.1) is 0 Å². The fourth-order valence-electron chi connectivity index (χ4n) is 0.478. The second-order valence-corrected chi connectivity index (χ2v) is 2.29. The zero-order valence-electron chi connectivity index (χ0n) is 6.20. The lowest BCUT2D eigenvalue weighted by Gasteiger charge is -2.09. The highest BCUT2D eigenvalue weighted by Crippen LogP contribution is 1.90. The Kier molecular flexibility index (Phi) is 3.64. The monoisotopic (exact) mass is 144 g/mol. The number of carbonyl (C=O) groups is 2. The van der Waals surface area contributed by atoms with Crippen molar-refractivity contribution >= 4 is 12.3 Å². The van der Waals surface area contributed by atoms with Crippen LogP contribution in [0.4, 0.5) is 0 Å². The van der Waals surface area contributed by atoms with Crippen LogP contribution in [0.25, 0.3) is 0 Å². The predicted octanol–water partition coefficient (Wildman–Crippen LogP) is -0.662. The molecule has 0 saturated heterocycles. The van der Waals surface area contributed by atoms with E-state index in [9.17, 15) is 9.59 Å². The van der Waals surface area contributed by atoms with Crippen molar-refractivity contribution in [3.8, 4) is 0 Å². The summed E-state index contributed by atoms with van der Waals surface area (Å²) >= 11 is 0. The molecule has 0 aliphatic rings. The van der Waals surface area contributed by atoms with Crippen LogP contribution in [0.1, 0.15) is 13.3 Å². The largest absolute Gasteiger partial charge is 0.327 e. The van der Waals surface area contributed by atoms with Gasteiger partial charge in [0, 0.05) is 19.5 Å². The summed E-state index contributed by atoms with van der Waals surface area (Å²) in [5, 5.41) is 0. The molecule has 1 atom stereocenters. The van der Waals surface area contributed by atoms with Crippen molar-refractivity contribution in [2.45, 2.75) is 19.4 Å². The molecule has 0 aromatic heterocycles. The Bertz CT molecular complexity index is 134. The highest BCUT2D eigenvalue weighted by atomic mass is 16.2. The van der Waals surface area contributed by atoms with Crippen molar-refractivity contribution in [3.05, 3.63) is 0 Å². The van der Waals surface area contributed by atoms with Crippen LogP contribution in [0.3, 0.4) is 0 Å². The highest BCUT2D eigenvalue weighted by Gasteiger charge is 2.08. The quantitative estimate of drug-likeness (QED) is 0.535. The summed E-state index contributed by atoms with van der Waals surface area (Å²) in [5.74, 6) is -0.245. The molecule has 4 nitrogen and oxygen atoms in total. The van der Waals surface area contributed by atoms with Gasteiger partial charge in [-0.05, 0) is 6.92 Å². The zero-order valence-corrected chi connectivity index (χ0v) is 6.20. The summed E-state index contributed by atoms with van der Waals surface area (Å²) in [4.78, 5) is 21.8. The molecule has 0 aliphatic heterocycles. The fourth-order valence-corrected chi connectivity index (χ4v) is 0.478. The van der Waals surface area contributed by atoms with E-state index >= 15 is 0 Å². The van der Waals surface area contributed by atoms with E-state index in [1.54, 1.807) is 6.92 Å². The molecule has 2 N–H and O–H groups in total. The van der Waals surface area contributed by atoms with E-state index in [1.807, 2.05) is 0 Å². The van der Waals surface area contributed by atoms with Crippen LogP contribution < -0.4 is 5.73 Å². The van der Waals surface area contributed by atoms with Gasteiger partial charge in [0.25, 0.3) is 0 Å². The number of hydrogen-bond acceptors (Lipinski definition) is 3. The summed E-state index contributed by atoms with van der Waals surface area (Å²) in [7, 11) is 1.41. The minimum atomic E-state index is -0.245. The van der Waals surface area contributed by atoms with Crippen molar-refractivity contribution in [1.82, 2.24) is 4.90 Å². The minimum absolute atomic E-state index is 0.185. The second-order valence-electron chi connectivity index (χ2n) is 2.29. The first-order chi connectivity index (χ1) is 4.57. The van der Waals surface area contributed by atoms with Gasteiger partial charge in [-0.1, -0.05) is 0 Å². The molecule has 0 spiro atoms. The zero-order chi connectivity index (χ0) is 8.15. The van der Waals surface area contributed by atoms with Crippen molar-refractivity contribution < 1.29 is 9.59 Å². The Morgan fingerprint density at radius 1 is 1.80 bits per heavy atom. The Labute approximate surface area is 60.0 Å². The van der Waals surface area contributed by atoms with E-state index in [-0.39, 0.29) is 18.4 Å². The van der Waals surface area contributed by atoms with Crippen molar-refractivity contribution in [2.24, 2.45) is 5.73 Å². The summed E-state index contributed by atoms with van der Waals surface area (Å²) in [6.45, 7) is 1.72. The van der Waals surface area contributed by atoms with E-state index in [0.717, 1.165) is 4.90 Å². The maximum atomic E-state index is 10.8. The molecule has 0 aromatic rings. The summed E-state index contributed by atoms with van der Waals surface area (Å²) in [5.41, 5.74) is 5.32. The van der Waals surface area contributed by atoms with Gasteiger partial charge in [0.1, 0.15) is 0 Å². The summed E-state index contributed by atoms with van der Waals surface area (Å²) in [6.07, 6.45) is 0.694. The molecule has 0 fully saturated rings. The first kappa shape index (κ1) is 9.10. The van der Waals surface area contributed by atoms with Crippen molar-refractivity contribution in [1.29, 1.82) is 0 Å². The lowest BCUT2D eigenvalue weighted by atomic mass is 10.2. The summed E-state index contributed by atoms with van der Waals surface area (Å²) in [6, 6.07) is -0.185. The molecule has 58 valence electrons. The Morgan fingerprint density at radius 3 is 2.60 bits per heavy atom. The van der Waals surface area contributed by atoms with Crippen LogP contribution in [0.2, 0.25) is 0 Å². The van der Waals surface area contributed by atoms with Gasteiger partial charge < -0.3 is 5.73 Å². The van der Waals surface area contributed by atoms with Crippen molar-refractivity contribution in [3.63, 3.8) is 0 Å². The molecule has 1 unspecified atom stereocenters. The van der Waals surface area contributed by atoms with Gasteiger partial charge in [0.05, 0.1) is 0 Å². The van der Waals surface area contributed by atoms with E-state index in [0.29, 0.717) is 6.41 Å². The van der Waals surface area contributed by atoms with Gasteiger partial charge in [-0.2, -0.15) is 0 Å². The third-order valence-electron chi connectivity index (χ3n) is 1.05. The van der Waals surface area contributed by atoms with Crippen LogP contribution in [-0.4, -0.2) is 30.3 Å². The minimum Gasteiger partial charge on any atom is -0.327 e. The lowest BCUT2D eigenvalue weighted by molar-refractivity contribution is -0.136. The maximum Gasteiger partial charge on any atom is 0.230 e. The normalized spacial score (nSPS) is 12.3. The van der Waals surface area contributed by atoms with Crippen LogP contribution in [0.15, 0.2) is 0 Å². The average molecular weight is 144 g/mol. The van der Waals surface area contributed by atoms with E-state index < -0.39 is 0 Å². The molecular formula is C6H12N2O2. The van der Waals surface area contributed by atoms with Gasteiger partial charge in [-0.3, -0.25) is 14.5 Å². The third kappa shape index (κ3) is 3.19. The van der Waals surface area contributed by atoms with Gasteiger partial charge in [-0.15, -0.1) is 0 Å². The number of amides is 2. The number of carbonyl (C=O) groups excluding carboxylic acids is 2. The molecule has 4 heteroatoms. The maximum absolute atomic E-state index is 10.8. The van der Waals surface area contributed by atoms with Crippen LogP contribution >= 0.6 is 0 Å². The average Bonchev–Trinajstić information content (AvgIpc) is 1.85. The topological polar surface area (TPSA) is 63.4 Å². The Hall–Kier alpha value is -0.900.